The molecule has 7 heteroatoms. The predicted octanol–water partition coefficient (Wildman–Crippen LogP) is 3.04. The van der Waals surface area contributed by atoms with Gasteiger partial charge in [-0.2, -0.15) is 0 Å². The van der Waals surface area contributed by atoms with Gasteiger partial charge in [0.15, 0.2) is 5.60 Å². The number of aliphatic hydroxyl groups excluding tert-OH is 1. The second-order valence-corrected chi connectivity index (χ2v) is 8.47. The minimum atomic E-state index is -1.17. The first-order chi connectivity index (χ1) is 15.9. The molecule has 0 bridgehead atoms. The fraction of sp³-hybridized carbons (Fsp3) is 0.269. The number of amides is 1. The SMILES string of the molecule is COc1cc(OC)c2c(c1)O[C@@]1(c3ccc(O)cc3)C2[C@@H](O)[C@@H](C(N)=O)[C@@H]1c1ccccc1. The highest BCUT2D eigenvalue weighted by atomic mass is 16.5. The van der Waals surface area contributed by atoms with Crippen LogP contribution in [0.1, 0.15) is 28.5 Å². The number of phenols is 1. The van der Waals surface area contributed by atoms with E-state index in [1.807, 2.05) is 30.3 Å². The Labute approximate surface area is 191 Å². The number of benzene rings is 3. The summed E-state index contributed by atoms with van der Waals surface area (Å²) in [7, 11) is 3.09. The molecular weight excluding hydrogens is 422 g/mol. The molecule has 170 valence electrons. The number of aliphatic hydroxyl groups is 1. The smallest absolute Gasteiger partial charge is 0.223 e. The first kappa shape index (κ1) is 21.2. The normalized spacial score (nSPS) is 27.4. The molecule has 0 spiro atoms. The van der Waals surface area contributed by atoms with E-state index < -0.39 is 35.4 Å². The van der Waals surface area contributed by atoms with Crippen LogP contribution >= 0.6 is 0 Å². The number of phenolic OH excluding ortho intramolecular Hbond substituents is 1. The van der Waals surface area contributed by atoms with Crippen molar-refractivity contribution in [3.05, 3.63) is 83.4 Å². The molecule has 3 aromatic carbocycles. The number of aromatic hydroxyl groups is 1. The summed E-state index contributed by atoms with van der Waals surface area (Å²) in [6.07, 6.45) is -1.13. The molecule has 3 aromatic rings. The number of ether oxygens (including phenoxy) is 3. The van der Waals surface area contributed by atoms with Gasteiger partial charge in [0, 0.05) is 23.6 Å². The Morgan fingerprint density at radius 2 is 1.70 bits per heavy atom. The number of rotatable bonds is 5. The largest absolute Gasteiger partial charge is 0.508 e. The minimum absolute atomic E-state index is 0.0997. The molecular formula is C26H25NO6. The van der Waals surface area contributed by atoms with Gasteiger partial charge in [-0.05, 0) is 23.3 Å². The van der Waals surface area contributed by atoms with E-state index in [4.69, 9.17) is 19.9 Å². The van der Waals surface area contributed by atoms with Crippen molar-refractivity contribution in [2.45, 2.75) is 23.5 Å². The fourth-order valence-corrected chi connectivity index (χ4v) is 5.66. The molecule has 5 rings (SSSR count). The highest BCUT2D eigenvalue weighted by molar-refractivity contribution is 5.81. The van der Waals surface area contributed by atoms with Crippen molar-refractivity contribution in [1.82, 2.24) is 0 Å². The van der Waals surface area contributed by atoms with Crippen LogP contribution < -0.4 is 19.9 Å². The first-order valence-electron chi connectivity index (χ1n) is 10.7. The molecule has 1 aliphatic carbocycles. The molecule has 1 aliphatic heterocycles. The van der Waals surface area contributed by atoms with Crippen LogP contribution in [0.4, 0.5) is 0 Å². The molecule has 5 atom stereocenters. The highest BCUT2D eigenvalue weighted by Crippen LogP contribution is 2.68. The number of carbonyl (C=O) groups is 1. The number of hydrogen-bond acceptors (Lipinski definition) is 6. The average Bonchev–Trinajstić information content (AvgIpc) is 3.29. The maximum atomic E-state index is 12.7. The Morgan fingerprint density at radius 3 is 2.30 bits per heavy atom. The van der Waals surface area contributed by atoms with Crippen molar-refractivity contribution in [2.24, 2.45) is 11.7 Å². The molecule has 1 fully saturated rings. The van der Waals surface area contributed by atoms with Crippen molar-refractivity contribution < 1.29 is 29.2 Å². The number of primary amides is 1. The molecule has 33 heavy (non-hydrogen) atoms. The third-order valence-electron chi connectivity index (χ3n) is 6.92. The van der Waals surface area contributed by atoms with E-state index in [9.17, 15) is 15.0 Å². The molecule has 0 saturated heterocycles. The Bertz CT molecular complexity index is 1200. The van der Waals surface area contributed by atoms with Gasteiger partial charge in [-0.25, -0.2) is 0 Å². The molecule has 7 nitrogen and oxygen atoms in total. The van der Waals surface area contributed by atoms with Gasteiger partial charge in [0.05, 0.1) is 32.2 Å². The summed E-state index contributed by atoms with van der Waals surface area (Å²) in [5.74, 6) is -1.12. The molecule has 1 unspecified atom stereocenters. The summed E-state index contributed by atoms with van der Waals surface area (Å²) in [5, 5.41) is 21.6. The van der Waals surface area contributed by atoms with E-state index in [1.54, 1.807) is 43.5 Å². The van der Waals surface area contributed by atoms with E-state index in [1.165, 1.54) is 7.11 Å². The van der Waals surface area contributed by atoms with E-state index in [0.717, 1.165) is 5.56 Å². The van der Waals surface area contributed by atoms with Crippen LogP contribution in [0.2, 0.25) is 0 Å². The Morgan fingerprint density at radius 1 is 1.00 bits per heavy atom. The van der Waals surface area contributed by atoms with Gasteiger partial charge in [0.2, 0.25) is 5.91 Å². The Hall–Kier alpha value is -3.71. The number of nitrogens with two attached hydrogens (primary N) is 1. The van der Waals surface area contributed by atoms with Crippen LogP contribution in [0.3, 0.4) is 0 Å². The van der Waals surface area contributed by atoms with E-state index >= 15 is 0 Å². The molecule has 2 aliphatic rings. The quantitative estimate of drug-likeness (QED) is 0.554. The summed E-state index contributed by atoms with van der Waals surface area (Å²) in [5.41, 5.74) is 6.88. The number of fused-ring (bicyclic) bond motifs is 3. The Balaban J connectivity index is 1.84. The summed E-state index contributed by atoms with van der Waals surface area (Å²) in [6, 6.07) is 19.6. The first-order valence-corrected chi connectivity index (χ1v) is 10.7. The van der Waals surface area contributed by atoms with Crippen LogP contribution in [-0.4, -0.2) is 36.4 Å². The third-order valence-corrected chi connectivity index (χ3v) is 6.92. The maximum absolute atomic E-state index is 12.7. The summed E-state index contributed by atoms with van der Waals surface area (Å²) in [6.45, 7) is 0. The van der Waals surface area contributed by atoms with Crippen LogP contribution in [0, 0.1) is 5.92 Å². The third kappa shape index (κ3) is 2.96. The van der Waals surface area contributed by atoms with Gasteiger partial charge in [0.1, 0.15) is 23.0 Å². The zero-order valence-electron chi connectivity index (χ0n) is 18.3. The minimum Gasteiger partial charge on any atom is -0.508 e. The van der Waals surface area contributed by atoms with E-state index in [-0.39, 0.29) is 5.75 Å². The summed E-state index contributed by atoms with van der Waals surface area (Å²) in [4.78, 5) is 12.7. The predicted molar refractivity (Wildman–Crippen MR) is 121 cm³/mol. The van der Waals surface area contributed by atoms with Gasteiger partial charge in [-0.1, -0.05) is 42.5 Å². The second-order valence-electron chi connectivity index (χ2n) is 8.47. The zero-order chi connectivity index (χ0) is 23.3. The maximum Gasteiger partial charge on any atom is 0.223 e. The van der Waals surface area contributed by atoms with Crippen LogP contribution in [-0.2, 0) is 10.4 Å². The molecule has 0 radical (unpaired) electrons. The molecule has 0 aromatic heterocycles. The second kappa shape index (κ2) is 7.71. The lowest BCUT2D eigenvalue weighted by Crippen LogP contribution is -2.40. The summed E-state index contributed by atoms with van der Waals surface area (Å²) >= 11 is 0. The average molecular weight is 447 g/mol. The molecule has 1 heterocycles. The van der Waals surface area contributed by atoms with E-state index in [2.05, 4.69) is 0 Å². The topological polar surface area (TPSA) is 111 Å². The van der Waals surface area contributed by atoms with Gasteiger partial charge in [-0.15, -0.1) is 0 Å². The lowest BCUT2D eigenvalue weighted by Gasteiger charge is -2.37. The fourth-order valence-electron chi connectivity index (χ4n) is 5.66. The van der Waals surface area contributed by atoms with Crippen molar-refractivity contribution in [1.29, 1.82) is 0 Å². The Kier molecular flexibility index (Phi) is 4.94. The van der Waals surface area contributed by atoms with Crippen LogP contribution in [0.5, 0.6) is 23.0 Å². The van der Waals surface area contributed by atoms with Crippen molar-refractivity contribution in [2.75, 3.05) is 14.2 Å². The van der Waals surface area contributed by atoms with E-state index in [0.29, 0.717) is 28.4 Å². The molecule has 1 amide bonds. The van der Waals surface area contributed by atoms with Gasteiger partial charge in [-0.3, -0.25) is 4.79 Å². The zero-order valence-corrected chi connectivity index (χ0v) is 18.3. The summed E-state index contributed by atoms with van der Waals surface area (Å²) < 4.78 is 17.8. The van der Waals surface area contributed by atoms with Crippen molar-refractivity contribution in [3.63, 3.8) is 0 Å². The highest BCUT2D eigenvalue weighted by Gasteiger charge is 2.69. The van der Waals surface area contributed by atoms with Gasteiger partial charge in [0.25, 0.3) is 0 Å². The van der Waals surface area contributed by atoms with Gasteiger partial charge >= 0.3 is 0 Å². The monoisotopic (exact) mass is 447 g/mol. The number of hydrogen-bond donors (Lipinski definition) is 3. The van der Waals surface area contributed by atoms with Crippen molar-refractivity contribution >= 4 is 5.91 Å². The lowest BCUT2D eigenvalue weighted by atomic mass is 9.73. The lowest BCUT2D eigenvalue weighted by molar-refractivity contribution is -0.125. The standard InChI is InChI=1S/C26H25NO6/c1-31-17-12-18(32-2)20-19(13-17)33-26(15-8-10-16(28)11-9-15)22(14-6-4-3-5-7-14)21(25(27)30)24(29)23(20)26/h3-13,21-24,28-29H,1-2H3,(H2,27,30)/t21-,22-,23?,24-,26+/m0/s1. The van der Waals surface area contributed by atoms with Crippen LogP contribution in [0.15, 0.2) is 66.7 Å². The van der Waals surface area contributed by atoms with Crippen LogP contribution in [0.25, 0.3) is 0 Å². The number of methoxy groups -OCH3 is 2. The van der Waals surface area contributed by atoms with Crippen molar-refractivity contribution in [3.8, 4) is 23.0 Å². The molecule has 1 saturated carbocycles. The number of carbonyl (C=O) groups excluding carboxylic acids is 1. The molecule has 4 N–H and O–H groups in total. The van der Waals surface area contributed by atoms with Gasteiger partial charge < -0.3 is 30.2 Å².